The highest BCUT2D eigenvalue weighted by molar-refractivity contribution is 8.00. The number of thioether (sulfide) groups is 1. The third kappa shape index (κ3) is 3.56. The van der Waals surface area contributed by atoms with Gasteiger partial charge in [0.2, 0.25) is 5.91 Å². The number of ether oxygens (including phenoxy) is 1. The molecule has 0 saturated carbocycles. The van der Waals surface area contributed by atoms with Crippen LogP contribution in [0.25, 0.3) is 0 Å². The number of amides is 1. The third-order valence-electron chi connectivity index (χ3n) is 3.93. The summed E-state index contributed by atoms with van der Waals surface area (Å²) >= 11 is 1.45. The largest absolute Gasteiger partial charge is 0.378 e. The van der Waals surface area contributed by atoms with E-state index in [0.29, 0.717) is 26.3 Å². The van der Waals surface area contributed by atoms with E-state index in [1.54, 1.807) is 0 Å². The van der Waals surface area contributed by atoms with E-state index in [-0.39, 0.29) is 11.2 Å². The van der Waals surface area contributed by atoms with Crippen LogP contribution in [0.1, 0.15) is 16.6 Å². The van der Waals surface area contributed by atoms with Crippen LogP contribution in [0.15, 0.2) is 35.5 Å². The SMILES string of the molecule is Cc1nnc(S[C@@H](C(=O)N2CCOCC2)c2ccccc2)n1C. The standard InChI is InChI=1S/C16H20N4O2S/c1-12-17-18-16(19(12)2)23-14(13-6-4-3-5-7-13)15(21)20-8-10-22-11-9-20/h3-7,14H,8-11H2,1-2H3/t14-/m1/s1. The van der Waals surface area contributed by atoms with E-state index in [0.717, 1.165) is 16.5 Å². The van der Waals surface area contributed by atoms with E-state index >= 15 is 0 Å². The van der Waals surface area contributed by atoms with E-state index in [2.05, 4.69) is 10.2 Å². The number of morpholine rings is 1. The van der Waals surface area contributed by atoms with Crippen molar-refractivity contribution in [3.05, 3.63) is 41.7 Å². The lowest BCUT2D eigenvalue weighted by atomic mass is 10.1. The number of nitrogens with zero attached hydrogens (tertiary/aromatic N) is 4. The highest BCUT2D eigenvalue weighted by Crippen LogP contribution is 2.35. The summed E-state index contributed by atoms with van der Waals surface area (Å²) in [6.07, 6.45) is 0. The Morgan fingerprint density at radius 2 is 1.91 bits per heavy atom. The number of aryl methyl sites for hydroxylation is 1. The lowest BCUT2D eigenvalue weighted by Crippen LogP contribution is -2.42. The molecule has 7 heteroatoms. The Balaban J connectivity index is 1.87. The lowest BCUT2D eigenvalue weighted by Gasteiger charge is -2.30. The summed E-state index contributed by atoms with van der Waals surface area (Å²) in [5, 5.41) is 8.70. The molecule has 2 heterocycles. The van der Waals surface area contributed by atoms with Crippen molar-refractivity contribution < 1.29 is 9.53 Å². The van der Waals surface area contributed by atoms with Gasteiger partial charge in [0.25, 0.3) is 0 Å². The molecule has 1 aromatic heterocycles. The quantitative estimate of drug-likeness (QED) is 0.799. The van der Waals surface area contributed by atoms with E-state index < -0.39 is 0 Å². The molecule has 1 aliphatic heterocycles. The predicted molar refractivity (Wildman–Crippen MR) is 88.2 cm³/mol. The summed E-state index contributed by atoms with van der Waals surface area (Å²) in [5.41, 5.74) is 0.981. The molecule has 0 spiro atoms. The van der Waals surface area contributed by atoms with Crippen LogP contribution in [-0.2, 0) is 16.6 Å². The molecule has 0 aliphatic carbocycles. The van der Waals surface area contributed by atoms with Crippen LogP contribution < -0.4 is 0 Å². The molecule has 1 atom stereocenters. The van der Waals surface area contributed by atoms with Crippen molar-refractivity contribution in [2.45, 2.75) is 17.3 Å². The van der Waals surface area contributed by atoms with Gasteiger partial charge in [-0.3, -0.25) is 4.79 Å². The van der Waals surface area contributed by atoms with Crippen LogP contribution in [0.3, 0.4) is 0 Å². The Labute approximate surface area is 139 Å². The molecule has 1 aromatic carbocycles. The maximum absolute atomic E-state index is 13.0. The fourth-order valence-electron chi connectivity index (χ4n) is 2.43. The van der Waals surface area contributed by atoms with Crippen LogP contribution in [0.4, 0.5) is 0 Å². The van der Waals surface area contributed by atoms with E-state index in [1.165, 1.54) is 11.8 Å². The van der Waals surface area contributed by atoms with Gasteiger partial charge in [-0.05, 0) is 12.5 Å². The van der Waals surface area contributed by atoms with Gasteiger partial charge in [0.15, 0.2) is 5.16 Å². The zero-order valence-electron chi connectivity index (χ0n) is 13.3. The maximum Gasteiger partial charge on any atom is 0.240 e. The second-order valence-electron chi connectivity index (χ2n) is 5.44. The van der Waals surface area contributed by atoms with Gasteiger partial charge in [-0.25, -0.2) is 0 Å². The van der Waals surface area contributed by atoms with Gasteiger partial charge in [-0.15, -0.1) is 10.2 Å². The van der Waals surface area contributed by atoms with Crippen LogP contribution in [0, 0.1) is 6.92 Å². The summed E-state index contributed by atoms with van der Waals surface area (Å²) in [6, 6.07) is 9.84. The molecular weight excluding hydrogens is 312 g/mol. The average Bonchev–Trinajstić information content (AvgIpc) is 2.92. The second kappa shape index (κ2) is 7.14. The van der Waals surface area contributed by atoms with E-state index in [9.17, 15) is 4.79 Å². The molecule has 0 N–H and O–H groups in total. The van der Waals surface area contributed by atoms with Gasteiger partial charge in [-0.2, -0.15) is 0 Å². The zero-order chi connectivity index (χ0) is 16.2. The fraction of sp³-hybridized carbons (Fsp3) is 0.438. The minimum Gasteiger partial charge on any atom is -0.378 e. The minimum atomic E-state index is -0.323. The average molecular weight is 332 g/mol. The first-order valence-corrected chi connectivity index (χ1v) is 8.49. The Bertz CT molecular complexity index is 668. The van der Waals surface area contributed by atoms with Gasteiger partial charge >= 0.3 is 0 Å². The molecule has 0 unspecified atom stereocenters. The van der Waals surface area contributed by atoms with Crippen LogP contribution >= 0.6 is 11.8 Å². The van der Waals surface area contributed by atoms with Crippen LogP contribution in [-0.4, -0.2) is 51.9 Å². The number of benzene rings is 1. The number of rotatable bonds is 4. The number of carbonyl (C=O) groups is 1. The first-order valence-electron chi connectivity index (χ1n) is 7.61. The van der Waals surface area contributed by atoms with Crippen molar-refractivity contribution in [2.75, 3.05) is 26.3 Å². The van der Waals surface area contributed by atoms with Gasteiger partial charge < -0.3 is 14.2 Å². The second-order valence-corrected chi connectivity index (χ2v) is 6.51. The summed E-state index contributed by atoms with van der Waals surface area (Å²) in [5.74, 6) is 0.934. The van der Waals surface area contributed by atoms with Crippen molar-refractivity contribution in [3.8, 4) is 0 Å². The summed E-state index contributed by atoms with van der Waals surface area (Å²) in [6.45, 7) is 4.38. The molecule has 0 radical (unpaired) electrons. The Hall–Kier alpha value is -1.86. The van der Waals surface area contributed by atoms with Crippen molar-refractivity contribution in [1.29, 1.82) is 0 Å². The molecule has 1 amide bonds. The number of hydrogen-bond acceptors (Lipinski definition) is 5. The molecule has 3 rings (SSSR count). The van der Waals surface area contributed by atoms with E-state index in [4.69, 9.17) is 4.74 Å². The summed E-state index contributed by atoms with van der Waals surface area (Å²) in [7, 11) is 1.92. The molecular formula is C16H20N4O2S. The monoisotopic (exact) mass is 332 g/mol. The number of carbonyl (C=O) groups excluding carboxylic acids is 1. The Kier molecular flexibility index (Phi) is 4.97. The van der Waals surface area contributed by atoms with Crippen LogP contribution in [0.2, 0.25) is 0 Å². The molecule has 1 fully saturated rings. The molecule has 23 heavy (non-hydrogen) atoms. The first kappa shape index (κ1) is 16.0. The molecule has 0 bridgehead atoms. The Morgan fingerprint density at radius 1 is 1.22 bits per heavy atom. The number of aromatic nitrogens is 3. The van der Waals surface area contributed by atoms with Crippen molar-refractivity contribution in [3.63, 3.8) is 0 Å². The molecule has 2 aromatic rings. The minimum absolute atomic E-state index is 0.102. The van der Waals surface area contributed by atoms with E-state index in [1.807, 2.05) is 53.8 Å². The fourth-order valence-corrected chi connectivity index (χ4v) is 3.57. The highest BCUT2D eigenvalue weighted by atomic mass is 32.2. The molecule has 122 valence electrons. The highest BCUT2D eigenvalue weighted by Gasteiger charge is 2.29. The smallest absolute Gasteiger partial charge is 0.240 e. The van der Waals surface area contributed by atoms with Gasteiger partial charge in [0.1, 0.15) is 11.1 Å². The summed E-state index contributed by atoms with van der Waals surface area (Å²) < 4.78 is 7.26. The maximum atomic E-state index is 13.0. The molecule has 6 nitrogen and oxygen atoms in total. The van der Waals surface area contributed by atoms with Crippen LogP contribution in [0.5, 0.6) is 0 Å². The predicted octanol–water partition coefficient (Wildman–Crippen LogP) is 1.82. The molecule has 1 saturated heterocycles. The Morgan fingerprint density at radius 3 is 2.52 bits per heavy atom. The normalized spacial score (nSPS) is 16.3. The van der Waals surface area contributed by atoms with Gasteiger partial charge in [0, 0.05) is 20.1 Å². The van der Waals surface area contributed by atoms with Crippen molar-refractivity contribution in [2.24, 2.45) is 7.05 Å². The van der Waals surface area contributed by atoms with Gasteiger partial charge in [-0.1, -0.05) is 42.1 Å². The van der Waals surface area contributed by atoms with Crippen molar-refractivity contribution >= 4 is 17.7 Å². The van der Waals surface area contributed by atoms with Crippen molar-refractivity contribution in [1.82, 2.24) is 19.7 Å². The summed E-state index contributed by atoms with van der Waals surface area (Å²) in [4.78, 5) is 14.9. The third-order valence-corrected chi connectivity index (χ3v) is 5.20. The zero-order valence-corrected chi connectivity index (χ0v) is 14.1. The topological polar surface area (TPSA) is 60.3 Å². The lowest BCUT2D eigenvalue weighted by molar-refractivity contribution is -0.134. The van der Waals surface area contributed by atoms with Gasteiger partial charge in [0.05, 0.1) is 13.2 Å². The molecule has 1 aliphatic rings. The number of hydrogen-bond donors (Lipinski definition) is 0. The first-order chi connectivity index (χ1) is 11.2.